The molecule has 0 amide bonds. The molecule has 0 fully saturated rings. The lowest BCUT2D eigenvalue weighted by molar-refractivity contribution is 0.684. The van der Waals surface area contributed by atoms with Gasteiger partial charge >= 0.3 is 0 Å². The van der Waals surface area contributed by atoms with E-state index in [1.165, 1.54) is 11.3 Å². The molecule has 0 saturated heterocycles. The Hall–Kier alpha value is -1.81. The van der Waals surface area contributed by atoms with Gasteiger partial charge in [0.2, 0.25) is 0 Å². The van der Waals surface area contributed by atoms with E-state index in [1.54, 1.807) is 23.7 Å². The SMILES string of the molecule is NN/N=C(\N)c1c(-c2cscn2)cccc1S(N)=O. The van der Waals surface area contributed by atoms with Crippen molar-refractivity contribution in [1.29, 1.82) is 0 Å². The zero-order valence-corrected chi connectivity index (χ0v) is 11.4. The zero-order valence-electron chi connectivity index (χ0n) is 9.74. The molecule has 1 aromatic carbocycles. The Balaban J connectivity index is 2.71. The second-order valence-electron chi connectivity index (χ2n) is 3.48. The van der Waals surface area contributed by atoms with E-state index in [4.69, 9.17) is 16.7 Å². The number of hydrazone groups is 1. The van der Waals surface area contributed by atoms with E-state index in [0.29, 0.717) is 21.7 Å². The number of rotatable bonds is 4. The summed E-state index contributed by atoms with van der Waals surface area (Å²) >= 11 is 1.44. The van der Waals surface area contributed by atoms with Crippen molar-refractivity contribution in [2.24, 2.45) is 21.8 Å². The standard InChI is InChI=1S/C10H12N6OS2/c11-10(15-16-12)9-6(7-4-18-5-14-7)2-1-3-8(9)19(13)17/h1-5,16H,12-13H2,(H2,11,15). The first-order valence-electron chi connectivity index (χ1n) is 5.12. The van der Waals surface area contributed by atoms with Gasteiger partial charge in [0.1, 0.15) is 11.0 Å². The van der Waals surface area contributed by atoms with Crippen molar-refractivity contribution in [1.82, 2.24) is 10.5 Å². The Morgan fingerprint density at radius 1 is 1.47 bits per heavy atom. The monoisotopic (exact) mass is 296 g/mol. The van der Waals surface area contributed by atoms with Crippen molar-refractivity contribution in [3.8, 4) is 11.3 Å². The van der Waals surface area contributed by atoms with Crippen LogP contribution in [0.1, 0.15) is 5.56 Å². The molecule has 1 heterocycles. The number of benzene rings is 1. The van der Waals surface area contributed by atoms with Crippen LogP contribution in [-0.2, 0) is 11.0 Å². The highest BCUT2D eigenvalue weighted by molar-refractivity contribution is 7.82. The van der Waals surface area contributed by atoms with Crippen LogP contribution in [0.3, 0.4) is 0 Å². The second kappa shape index (κ2) is 5.89. The molecule has 1 atom stereocenters. The smallest absolute Gasteiger partial charge is 0.154 e. The number of nitrogens with two attached hydrogens (primary N) is 3. The molecule has 100 valence electrons. The largest absolute Gasteiger partial charge is 0.382 e. The lowest BCUT2D eigenvalue weighted by Crippen LogP contribution is -2.25. The fraction of sp³-hybridized carbons (Fsp3) is 0. The average Bonchev–Trinajstić information content (AvgIpc) is 2.91. The third kappa shape index (κ3) is 2.79. The van der Waals surface area contributed by atoms with Crippen LogP contribution in [0.5, 0.6) is 0 Å². The van der Waals surface area contributed by atoms with Gasteiger partial charge in [0, 0.05) is 16.5 Å². The molecule has 19 heavy (non-hydrogen) atoms. The van der Waals surface area contributed by atoms with Gasteiger partial charge in [0.25, 0.3) is 0 Å². The Bertz CT molecular complexity index is 625. The maximum Gasteiger partial charge on any atom is 0.154 e. The van der Waals surface area contributed by atoms with Gasteiger partial charge in [-0.25, -0.2) is 25.7 Å². The van der Waals surface area contributed by atoms with Crippen molar-refractivity contribution in [2.75, 3.05) is 0 Å². The maximum atomic E-state index is 11.6. The topological polar surface area (TPSA) is 132 Å². The van der Waals surface area contributed by atoms with Crippen molar-refractivity contribution in [3.05, 3.63) is 34.7 Å². The predicted molar refractivity (Wildman–Crippen MR) is 76.2 cm³/mol. The summed E-state index contributed by atoms with van der Waals surface area (Å²) in [6, 6.07) is 5.17. The normalized spacial score (nSPS) is 13.3. The number of hydrogen-bond donors (Lipinski definition) is 4. The number of hydrazine groups is 1. The molecule has 0 radical (unpaired) electrons. The maximum absolute atomic E-state index is 11.6. The van der Waals surface area contributed by atoms with E-state index in [1.807, 2.05) is 5.38 Å². The summed E-state index contributed by atoms with van der Waals surface area (Å²) in [4.78, 5) is 4.58. The number of amidine groups is 1. The molecular formula is C10H12N6OS2. The number of nitrogens with zero attached hydrogens (tertiary/aromatic N) is 2. The van der Waals surface area contributed by atoms with Crippen LogP contribution in [-0.4, -0.2) is 15.0 Å². The molecule has 2 aromatic rings. The quantitative estimate of drug-likeness (QED) is 0.270. The van der Waals surface area contributed by atoms with Gasteiger partial charge in [0.05, 0.1) is 16.1 Å². The molecule has 0 bridgehead atoms. The average molecular weight is 296 g/mol. The predicted octanol–water partition coefficient (Wildman–Crippen LogP) is -0.125. The molecule has 1 unspecified atom stereocenters. The van der Waals surface area contributed by atoms with Crippen molar-refractivity contribution in [3.63, 3.8) is 0 Å². The molecule has 0 aliphatic heterocycles. The minimum absolute atomic E-state index is 0.0971. The molecule has 7 N–H and O–H groups in total. The van der Waals surface area contributed by atoms with Gasteiger partial charge in [-0.1, -0.05) is 12.1 Å². The van der Waals surface area contributed by atoms with E-state index in [2.05, 4.69) is 15.6 Å². The molecular weight excluding hydrogens is 284 g/mol. The molecule has 0 aliphatic carbocycles. The first-order valence-corrected chi connectivity index (χ1v) is 7.27. The molecule has 1 aromatic heterocycles. The van der Waals surface area contributed by atoms with Gasteiger partial charge in [-0.2, -0.15) is 0 Å². The highest BCUT2D eigenvalue weighted by Crippen LogP contribution is 2.27. The highest BCUT2D eigenvalue weighted by atomic mass is 32.2. The van der Waals surface area contributed by atoms with Gasteiger partial charge in [-0.3, -0.25) is 0 Å². The Labute approximate surface area is 116 Å². The summed E-state index contributed by atoms with van der Waals surface area (Å²) in [6.07, 6.45) is 0. The van der Waals surface area contributed by atoms with Crippen LogP contribution >= 0.6 is 11.3 Å². The summed E-state index contributed by atoms with van der Waals surface area (Å²) in [5, 5.41) is 11.0. The summed E-state index contributed by atoms with van der Waals surface area (Å²) in [6.45, 7) is 0. The highest BCUT2D eigenvalue weighted by Gasteiger charge is 2.17. The van der Waals surface area contributed by atoms with Crippen molar-refractivity contribution in [2.45, 2.75) is 4.90 Å². The number of hydrogen-bond acceptors (Lipinski definition) is 6. The Morgan fingerprint density at radius 2 is 2.26 bits per heavy atom. The molecule has 2 rings (SSSR count). The lowest BCUT2D eigenvalue weighted by Gasteiger charge is -2.11. The van der Waals surface area contributed by atoms with Gasteiger partial charge in [-0.15, -0.1) is 16.4 Å². The summed E-state index contributed by atoms with van der Waals surface area (Å²) < 4.78 is 11.6. The summed E-state index contributed by atoms with van der Waals surface area (Å²) in [5.41, 5.74) is 11.5. The van der Waals surface area contributed by atoms with Crippen LogP contribution in [0.2, 0.25) is 0 Å². The van der Waals surface area contributed by atoms with Gasteiger partial charge in [-0.05, 0) is 6.07 Å². The zero-order chi connectivity index (χ0) is 13.8. The van der Waals surface area contributed by atoms with Crippen LogP contribution in [0.4, 0.5) is 0 Å². The first-order chi connectivity index (χ1) is 9.15. The Morgan fingerprint density at radius 3 is 2.84 bits per heavy atom. The fourth-order valence-corrected chi connectivity index (χ4v) is 2.83. The van der Waals surface area contributed by atoms with E-state index >= 15 is 0 Å². The second-order valence-corrected chi connectivity index (χ2v) is 5.23. The summed E-state index contributed by atoms with van der Waals surface area (Å²) in [5.74, 6) is 5.22. The molecule has 0 spiro atoms. The molecule has 0 saturated carbocycles. The Kier molecular flexibility index (Phi) is 4.22. The van der Waals surface area contributed by atoms with Crippen LogP contribution in [0.15, 0.2) is 39.1 Å². The number of aromatic nitrogens is 1. The lowest BCUT2D eigenvalue weighted by atomic mass is 10.0. The van der Waals surface area contributed by atoms with Gasteiger partial charge in [0.15, 0.2) is 5.84 Å². The molecule has 7 nitrogen and oxygen atoms in total. The molecule has 0 aliphatic rings. The fourth-order valence-electron chi connectivity index (χ4n) is 1.65. The third-order valence-electron chi connectivity index (χ3n) is 2.39. The van der Waals surface area contributed by atoms with Crippen molar-refractivity contribution >= 4 is 28.2 Å². The number of nitrogens with one attached hydrogen (secondary N) is 1. The van der Waals surface area contributed by atoms with E-state index in [0.717, 1.165) is 0 Å². The van der Waals surface area contributed by atoms with E-state index in [-0.39, 0.29) is 5.84 Å². The van der Waals surface area contributed by atoms with Crippen LogP contribution in [0, 0.1) is 0 Å². The minimum Gasteiger partial charge on any atom is -0.382 e. The van der Waals surface area contributed by atoms with E-state index in [9.17, 15) is 4.21 Å². The molecule has 9 heteroatoms. The van der Waals surface area contributed by atoms with Crippen LogP contribution < -0.4 is 22.3 Å². The minimum atomic E-state index is -1.69. The van der Waals surface area contributed by atoms with Crippen LogP contribution in [0.25, 0.3) is 11.3 Å². The summed E-state index contributed by atoms with van der Waals surface area (Å²) in [7, 11) is -1.69. The van der Waals surface area contributed by atoms with Gasteiger partial charge < -0.3 is 5.73 Å². The number of thiazole rings is 1. The van der Waals surface area contributed by atoms with E-state index < -0.39 is 11.0 Å². The van der Waals surface area contributed by atoms with Crippen molar-refractivity contribution < 1.29 is 4.21 Å². The first kappa shape index (κ1) is 13.6. The third-order valence-corrected chi connectivity index (χ3v) is 3.75.